The third-order valence-electron chi connectivity index (χ3n) is 4.79. The number of nitrogens with two attached hydrogens (primary N) is 1. The molecule has 2 aromatic heterocycles. The number of nitrogens with one attached hydrogen (secondary N) is 2. The number of alkyl halides is 3. The molecule has 0 aliphatic carbocycles. The minimum atomic E-state index is -4.59. The van der Waals surface area contributed by atoms with E-state index in [2.05, 4.69) is 36.6 Å². The number of amides is 2. The van der Waals surface area contributed by atoms with Crippen molar-refractivity contribution in [3.8, 4) is 11.1 Å². The predicted octanol–water partition coefficient (Wildman–Crippen LogP) is 5.10. The van der Waals surface area contributed by atoms with E-state index in [9.17, 15) is 27.9 Å². The minimum absolute atomic E-state index is 0.0404. The number of rotatable bonds is 4. The third-order valence-corrected chi connectivity index (χ3v) is 5.49. The molecule has 0 fully saturated rings. The highest BCUT2D eigenvalue weighted by Gasteiger charge is 2.33. The predicted molar refractivity (Wildman–Crippen MR) is 122 cm³/mol. The Labute approximate surface area is 197 Å². The van der Waals surface area contributed by atoms with Gasteiger partial charge in [0.25, 0.3) is 0 Å². The van der Waals surface area contributed by atoms with Crippen molar-refractivity contribution in [2.45, 2.75) is 6.18 Å². The highest BCUT2D eigenvalue weighted by molar-refractivity contribution is 9.10. The first-order chi connectivity index (χ1) is 16.0. The lowest BCUT2D eigenvalue weighted by molar-refractivity contribution is -0.138. The molecule has 2 amide bonds. The van der Waals surface area contributed by atoms with E-state index in [0.29, 0.717) is 22.3 Å². The number of carbonyl (C=O) groups is 2. The number of anilines is 3. The third kappa shape index (κ3) is 4.50. The summed E-state index contributed by atoms with van der Waals surface area (Å²) in [7, 11) is 0. The first-order valence-corrected chi connectivity index (χ1v) is 10.2. The molecule has 0 bridgehead atoms. The number of carboxylic acid groups (broad SMARTS) is 1. The zero-order valence-electron chi connectivity index (χ0n) is 16.9. The van der Waals surface area contributed by atoms with Crippen molar-refractivity contribution >= 4 is 50.6 Å². The van der Waals surface area contributed by atoms with Gasteiger partial charge in [0.15, 0.2) is 5.82 Å². The van der Waals surface area contributed by atoms with E-state index in [1.165, 1.54) is 41.3 Å². The summed E-state index contributed by atoms with van der Waals surface area (Å²) in [5.74, 6) is -1.10. The normalized spacial score (nSPS) is 11.4. The van der Waals surface area contributed by atoms with Crippen LogP contribution in [0.1, 0.15) is 15.9 Å². The molecule has 4 aromatic rings. The number of aromatic nitrogens is 3. The summed E-state index contributed by atoms with van der Waals surface area (Å²) in [5.41, 5.74) is 6.32. The summed E-state index contributed by atoms with van der Waals surface area (Å²) in [4.78, 5) is 27.9. The Balaban J connectivity index is 1.56. The molecule has 0 aliphatic heterocycles. The maximum Gasteiger partial charge on any atom is 0.417 e. The summed E-state index contributed by atoms with van der Waals surface area (Å²) in [6.07, 6.45) is -2.07. The number of nitrogen functional groups attached to an aromatic ring is 1. The number of halogens is 4. The van der Waals surface area contributed by atoms with E-state index in [4.69, 9.17) is 5.73 Å². The molecule has 13 heteroatoms. The van der Waals surface area contributed by atoms with Crippen LogP contribution in [0.5, 0.6) is 0 Å². The maximum absolute atomic E-state index is 13.1. The van der Waals surface area contributed by atoms with Crippen molar-refractivity contribution in [2.75, 3.05) is 16.4 Å². The van der Waals surface area contributed by atoms with Crippen molar-refractivity contribution in [3.05, 3.63) is 70.6 Å². The zero-order chi connectivity index (χ0) is 24.6. The van der Waals surface area contributed by atoms with Gasteiger partial charge >= 0.3 is 18.2 Å². The molecule has 0 radical (unpaired) electrons. The second kappa shape index (κ2) is 8.67. The van der Waals surface area contributed by atoms with Gasteiger partial charge in [-0.15, -0.1) is 0 Å². The molecule has 0 saturated heterocycles. The van der Waals surface area contributed by atoms with Crippen molar-refractivity contribution in [3.63, 3.8) is 0 Å². The zero-order valence-corrected chi connectivity index (χ0v) is 18.5. The molecular weight excluding hydrogens is 521 g/mol. The Morgan fingerprint density at radius 1 is 1.06 bits per heavy atom. The van der Waals surface area contributed by atoms with E-state index in [1.54, 1.807) is 12.1 Å². The standard InChI is InChI=1S/C21H14BrF3N6O3/c22-15-6-5-12(7-14(15)21(23,24)25)30-20(34)29-11-3-1-10(2-4-11)16-13(19(32)33)8-31-17(16)18(26)27-9-28-31/h1-9H,(H,32,33)(H2,26,27,28)(H2,29,30,34). The van der Waals surface area contributed by atoms with E-state index in [-0.39, 0.29) is 21.5 Å². The van der Waals surface area contributed by atoms with E-state index in [1.807, 2.05) is 0 Å². The van der Waals surface area contributed by atoms with Crippen LogP contribution in [-0.2, 0) is 6.18 Å². The first kappa shape index (κ1) is 23.0. The summed E-state index contributed by atoms with van der Waals surface area (Å²) in [6, 6.07) is 8.69. The number of aromatic carboxylic acids is 1. The quantitative estimate of drug-likeness (QED) is 0.287. The molecule has 0 saturated carbocycles. The van der Waals surface area contributed by atoms with Crippen LogP contribution in [0.2, 0.25) is 0 Å². The highest BCUT2D eigenvalue weighted by atomic mass is 79.9. The van der Waals surface area contributed by atoms with E-state index >= 15 is 0 Å². The van der Waals surface area contributed by atoms with Crippen LogP contribution in [-0.4, -0.2) is 31.7 Å². The van der Waals surface area contributed by atoms with E-state index in [0.717, 1.165) is 6.07 Å². The van der Waals surface area contributed by atoms with Gasteiger partial charge in [-0.2, -0.15) is 18.3 Å². The number of hydrogen-bond acceptors (Lipinski definition) is 5. The number of fused-ring (bicyclic) bond motifs is 1. The highest BCUT2D eigenvalue weighted by Crippen LogP contribution is 2.36. The molecule has 0 unspecified atom stereocenters. The molecule has 4 rings (SSSR count). The van der Waals surface area contributed by atoms with Crippen molar-refractivity contribution < 1.29 is 27.9 Å². The fraction of sp³-hybridized carbons (Fsp3) is 0.0476. The minimum Gasteiger partial charge on any atom is -0.478 e. The number of carbonyl (C=O) groups excluding carboxylic acids is 1. The average molecular weight is 535 g/mol. The number of nitrogens with zero attached hydrogens (tertiary/aromatic N) is 3. The van der Waals surface area contributed by atoms with Gasteiger partial charge in [-0.25, -0.2) is 19.1 Å². The second-order valence-electron chi connectivity index (χ2n) is 7.01. The maximum atomic E-state index is 13.1. The van der Waals surface area contributed by atoms with Gasteiger partial charge in [0.05, 0.1) is 11.1 Å². The molecule has 0 atom stereocenters. The van der Waals surface area contributed by atoms with Crippen LogP contribution in [0.4, 0.5) is 35.2 Å². The van der Waals surface area contributed by atoms with Gasteiger partial charge < -0.3 is 21.5 Å². The monoisotopic (exact) mass is 534 g/mol. The molecular formula is C21H14BrF3N6O3. The average Bonchev–Trinajstić information content (AvgIpc) is 3.16. The molecule has 174 valence electrons. The van der Waals surface area contributed by atoms with Gasteiger partial charge in [-0.3, -0.25) is 0 Å². The van der Waals surface area contributed by atoms with Crippen LogP contribution in [0.25, 0.3) is 16.6 Å². The first-order valence-electron chi connectivity index (χ1n) is 9.45. The summed E-state index contributed by atoms with van der Waals surface area (Å²) in [5, 5.41) is 18.4. The van der Waals surface area contributed by atoms with Crippen molar-refractivity contribution in [2.24, 2.45) is 0 Å². The van der Waals surface area contributed by atoms with Gasteiger partial charge in [0.1, 0.15) is 11.8 Å². The van der Waals surface area contributed by atoms with Gasteiger partial charge in [0.2, 0.25) is 0 Å². The van der Waals surface area contributed by atoms with Crippen LogP contribution >= 0.6 is 15.9 Å². The second-order valence-corrected chi connectivity index (χ2v) is 7.86. The molecule has 0 aliphatic rings. The molecule has 34 heavy (non-hydrogen) atoms. The van der Waals surface area contributed by atoms with E-state index < -0.39 is 23.7 Å². The molecule has 0 spiro atoms. The fourth-order valence-corrected chi connectivity index (χ4v) is 3.79. The summed E-state index contributed by atoms with van der Waals surface area (Å²) < 4.78 is 40.3. The van der Waals surface area contributed by atoms with Crippen LogP contribution in [0, 0.1) is 0 Å². The Morgan fingerprint density at radius 3 is 2.35 bits per heavy atom. The van der Waals surface area contributed by atoms with Gasteiger partial charge in [0, 0.05) is 27.6 Å². The Hall–Kier alpha value is -4.13. The number of urea groups is 1. The van der Waals surface area contributed by atoms with Gasteiger partial charge in [-0.05, 0) is 35.9 Å². The number of carboxylic acids is 1. The lowest BCUT2D eigenvalue weighted by Crippen LogP contribution is -2.19. The van der Waals surface area contributed by atoms with Gasteiger partial charge in [-0.1, -0.05) is 28.1 Å². The molecule has 9 nitrogen and oxygen atoms in total. The summed E-state index contributed by atoms with van der Waals surface area (Å²) >= 11 is 2.84. The SMILES string of the molecule is Nc1ncnn2cc(C(=O)O)c(-c3ccc(NC(=O)Nc4ccc(Br)c(C(F)(F)F)c4)cc3)c12. The molecule has 2 heterocycles. The van der Waals surface area contributed by atoms with Crippen LogP contribution < -0.4 is 16.4 Å². The summed E-state index contributed by atoms with van der Waals surface area (Å²) in [6.45, 7) is 0. The smallest absolute Gasteiger partial charge is 0.417 e. The Kier molecular flexibility index (Phi) is 5.87. The Morgan fingerprint density at radius 2 is 1.71 bits per heavy atom. The molecule has 2 aromatic carbocycles. The number of hydrogen-bond donors (Lipinski definition) is 4. The van der Waals surface area contributed by atoms with Crippen molar-refractivity contribution in [1.82, 2.24) is 14.6 Å². The number of benzene rings is 2. The lowest BCUT2D eigenvalue weighted by Gasteiger charge is -2.13. The fourth-order valence-electron chi connectivity index (χ4n) is 3.32. The van der Waals surface area contributed by atoms with Crippen molar-refractivity contribution in [1.29, 1.82) is 0 Å². The molecule has 5 N–H and O–H groups in total. The topological polar surface area (TPSA) is 135 Å². The Bertz CT molecular complexity index is 1420. The lowest BCUT2D eigenvalue weighted by atomic mass is 10.0. The van der Waals surface area contributed by atoms with Crippen LogP contribution in [0.15, 0.2) is 59.5 Å². The van der Waals surface area contributed by atoms with Crippen LogP contribution in [0.3, 0.4) is 0 Å². The largest absolute Gasteiger partial charge is 0.478 e.